The summed E-state index contributed by atoms with van der Waals surface area (Å²) in [6.45, 7) is 2.10. The summed E-state index contributed by atoms with van der Waals surface area (Å²) in [5.41, 5.74) is 6.56. The maximum Gasteiger partial charge on any atom is 0.265 e. The molecule has 0 saturated carbocycles. The van der Waals surface area contributed by atoms with Gasteiger partial charge in [-0.05, 0) is 18.2 Å². The first-order chi connectivity index (χ1) is 8.59. The van der Waals surface area contributed by atoms with Crippen LogP contribution in [0.25, 0.3) is 0 Å². The average molecular weight is 285 g/mol. The van der Waals surface area contributed by atoms with Gasteiger partial charge in [0, 0.05) is 32.9 Å². The van der Waals surface area contributed by atoms with Crippen LogP contribution in [0.1, 0.15) is 16.1 Å². The standard InChI is InChI=1S/C12H19N3OS2/c1-14(2)12(16)11-9(13)8-10(18-11)15-4-3-6-17-7-5-15/h8H,3-7,13H2,1-2H3. The van der Waals surface area contributed by atoms with E-state index in [4.69, 9.17) is 5.73 Å². The smallest absolute Gasteiger partial charge is 0.265 e. The van der Waals surface area contributed by atoms with Crippen molar-refractivity contribution < 1.29 is 4.79 Å². The Morgan fingerprint density at radius 1 is 1.39 bits per heavy atom. The number of nitrogens with zero attached hydrogens (tertiary/aromatic N) is 2. The van der Waals surface area contributed by atoms with E-state index >= 15 is 0 Å². The van der Waals surface area contributed by atoms with E-state index in [0.29, 0.717) is 10.6 Å². The van der Waals surface area contributed by atoms with Crippen molar-refractivity contribution in [3.05, 3.63) is 10.9 Å². The summed E-state index contributed by atoms with van der Waals surface area (Å²) in [6, 6.07) is 1.94. The fourth-order valence-corrected chi connectivity index (χ4v) is 3.92. The van der Waals surface area contributed by atoms with Gasteiger partial charge in [-0.2, -0.15) is 11.8 Å². The summed E-state index contributed by atoms with van der Waals surface area (Å²) in [7, 11) is 3.51. The van der Waals surface area contributed by atoms with E-state index in [1.807, 2.05) is 17.8 Å². The van der Waals surface area contributed by atoms with Gasteiger partial charge in [0.15, 0.2) is 0 Å². The third kappa shape index (κ3) is 2.92. The van der Waals surface area contributed by atoms with Crippen LogP contribution in [0.2, 0.25) is 0 Å². The number of carbonyl (C=O) groups excluding carboxylic acids is 1. The van der Waals surface area contributed by atoms with Gasteiger partial charge >= 0.3 is 0 Å². The molecule has 1 fully saturated rings. The van der Waals surface area contributed by atoms with Crippen molar-refractivity contribution in [1.82, 2.24) is 4.90 Å². The lowest BCUT2D eigenvalue weighted by Crippen LogP contribution is -2.24. The van der Waals surface area contributed by atoms with Crippen LogP contribution in [0.15, 0.2) is 6.07 Å². The Kier molecular flexibility index (Phi) is 4.40. The van der Waals surface area contributed by atoms with E-state index in [1.54, 1.807) is 19.0 Å². The fraction of sp³-hybridized carbons (Fsp3) is 0.583. The van der Waals surface area contributed by atoms with Crippen molar-refractivity contribution in [3.8, 4) is 0 Å². The molecular formula is C12H19N3OS2. The van der Waals surface area contributed by atoms with Crippen LogP contribution in [0.5, 0.6) is 0 Å². The SMILES string of the molecule is CN(C)C(=O)c1sc(N2CCCSCC2)cc1N. The number of thiophene rings is 1. The predicted molar refractivity (Wildman–Crippen MR) is 80.9 cm³/mol. The summed E-state index contributed by atoms with van der Waals surface area (Å²) in [5.74, 6) is 2.36. The highest BCUT2D eigenvalue weighted by Crippen LogP contribution is 2.33. The van der Waals surface area contributed by atoms with Crippen LogP contribution in [-0.4, -0.2) is 49.5 Å². The van der Waals surface area contributed by atoms with Gasteiger partial charge in [0.2, 0.25) is 0 Å². The van der Waals surface area contributed by atoms with Crippen LogP contribution < -0.4 is 10.6 Å². The third-order valence-electron chi connectivity index (χ3n) is 2.88. The molecule has 0 aromatic carbocycles. The maximum absolute atomic E-state index is 12.0. The van der Waals surface area contributed by atoms with Gasteiger partial charge < -0.3 is 15.5 Å². The third-order valence-corrected chi connectivity index (χ3v) is 5.13. The van der Waals surface area contributed by atoms with Gasteiger partial charge in [0.1, 0.15) is 4.88 Å². The van der Waals surface area contributed by atoms with E-state index in [2.05, 4.69) is 4.90 Å². The van der Waals surface area contributed by atoms with E-state index in [9.17, 15) is 4.79 Å². The zero-order valence-corrected chi connectivity index (χ0v) is 12.4. The largest absolute Gasteiger partial charge is 0.397 e. The molecule has 1 amide bonds. The minimum absolute atomic E-state index is 0.00653. The normalized spacial score (nSPS) is 16.4. The Morgan fingerprint density at radius 3 is 2.89 bits per heavy atom. The lowest BCUT2D eigenvalue weighted by molar-refractivity contribution is 0.0833. The second-order valence-corrected chi connectivity index (χ2v) is 6.78. The summed E-state index contributed by atoms with van der Waals surface area (Å²) >= 11 is 3.51. The highest BCUT2D eigenvalue weighted by molar-refractivity contribution is 7.99. The Balaban J connectivity index is 2.19. The molecule has 1 aromatic heterocycles. The molecule has 4 nitrogen and oxygen atoms in total. The molecular weight excluding hydrogens is 266 g/mol. The monoisotopic (exact) mass is 285 g/mol. The molecule has 2 heterocycles. The Morgan fingerprint density at radius 2 is 2.17 bits per heavy atom. The second kappa shape index (κ2) is 5.84. The number of nitrogens with two attached hydrogens (primary N) is 1. The molecule has 100 valence electrons. The quantitative estimate of drug-likeness (QED) is 0.902. The van der Waals surface area contributed by atoms with Crippen LogP contribution >= 0.6 is 23.1 Å². The van der Waals surface area contributed by atoms with E-state index < -0.39 is 0 Å². The first kappa shape index (κ1) is 13.5. The predicted octanol–water partition coefficient (Wildman–Crippen LogP) is 1.98. The number of rotatable bonds is 2. The van der Waals surface area contributed by atoms with Crippen molar-refractivity contribution in [3.63, 3.8) is 0 Å². The first-order valence-corrected chi connectivity index (χ1v) is 8.00. The maximum atomic E-state index is 12.0. The molecule has 1 aliphatic heterocycles. The fourth-order valence-electron chi connectivity index (χ4n) is 1.88. The van der Waals surface area contributed by atoms with Crippen molar-refractivity contribution in [2.75, 3.05) is 49.3 Å². The molecule has 18 heavy (non-hydrogen) atoms. The van der Waals surface area contributed by atoms with E-state index in [-0.39, 0.29) is 5.91 Å². The van der Waals surface area contributed by atoms with Crippen LogP contribution in [-0.2, 0) is 0 Å². The molecule has 0 aliphatic carbocycles. The van der Waals surface area contributed by atoms with Crippen molar-refractivity contribution in [2.45, 2.75) is 6.42 Å². The number of anilines is 2. The van der Waals surface area contributed by atoms with E-state index in [1.165, 1.54) is 23.5 Å². The number of thioether (sulfide) groups is 1. The molecule has 0 unspecified atom stereocenters. The topological polar surface area (TPSA) is 49.6 Å². The highest BCUT2D eigenvalue weighted by Gasteiger charge is 2.19. The molecule has 0 atom stereocenters. The van der Waals surface area contributed by atoms with Gasteiger partial charge in [-0.25, -0.2) is 0 Å². The molecule has 0 bridgehead atoms. The number of nitrogen functional groups attached to an aromatic ring is 1. The molecule has 0 spiro atoms. The number of hydrogen-bond acceptors (Lipinski definition) is 5. The zero-order chi connectivity index (χ0) is 13.1. The summed E-state index contributed by atoms with van der Waals surface area (Å²) in [4.78, 5) is 16.5. The van der Waals surface area contributed by atoms with Crippen LogP contribution in [0.4, 0.5) is 10.7 Å². The van der Waals surface area contributed by atoms with Gasteiger partial charge in [0.05, 0.1) is 10.7 Å². The second-order valence-electron chi connectivity index (χ2n) is 4.52. The average Bonchev–Trinajstić information content (AvgIpc) is 2.55. The minimum atomic E-state index is -0.00653. The lowest BCUT2D eigenvalue weighted by Gasteiger charge is -2.19. The molecule has 1 aromatic rings. The van der Waals surface area contributed by atoms with Crippen molar-refractivity contribution in [2.24, 2.45) is 0 Å². The van der Waals surface area contributed by atoms with Crippen LogP contribution in [0, 0.1) is 0 Å². The van der Waals surface area contributed by atoms with Gasteiger partial charge in [-0.1, -0.05) is 0 Å². The van der Waals surface area contributed by atoms with E-state index in [0.717, 1.165) is 23.8 Å². The Hall–Kier alpha value is -0.880. The molecule has 0 radical (unpaired) electrons. The van der Waals surface area contributed by atoms with Gasteiger partial charge in [0.25, 0.3) is 5.91 Å². The summed E-state index contributed by atoms with van der Waals surface area (Å²) in [6.07, 6.45) is 1.19. The van der Waals surface area contributed by atoms with Crippen molar-refractivity contribution >= 4 is 39.7 Å². The molecule has 2 N–H and O–H groups in total. The Labute approximate surface area is 116 Å². The number of hydrogen-bond donors (Lipinski definition) is 1. The molecule has 6 heteroatoms. The summed E-state index contributed by atoms with van der Waals surface area (Å²) in [5, 5.41) is 1.13. The van der Waals surface area contributed by atoms with Gasteiger partial charge in [-0.3, -0.25) is 4.79 Å². The lowest BCUT2D eigenvalue weighted by atomic mass is 10.3. The van der Waals surface area contributed by atoms with Gasteiger partial charge in [-0.15, -0.1) is 11.3 Å². The number of amides is 1. The Bertz CT molecular complexity index is 423. The zero-order valence-electron chi connectivity index (χ0n) is 10.8. The molecule has 1 aliphatic rings. The minimum Gasteiger partial charge on any atom is -0.397 e. The van der Waals surface area contributed by atoms with Crippen LogP contribution in [0.3, 0.4) is 0 Å². The molecule has 2 rings (SSSR count). The first-order valence-electron chi connectivity index (χ1n) is 6.03. The number of carbonyl (C=O) groups is 1. The highest BCUT2D eigenvalue weighted by atomic mass is 32.2. The molecule has 1 saturated heterocycles. The van der Waals surface area contributed by atoms with Crippen molar-refractivity contribution in [1.29, 1.82) is 0 Å². The summed E-state index contributed by atoms with van der Waals surface area (Å²) < 4.78 is 0.